The van der Waals surface area contributed by atoms with Gasteiger partial charge in [-0.05, 0) is 12.8 Å². The molecule has 1 nitrogen and oxygen atoms in total. The summed E-state index contributed by atoms with van der Waals surface area (Å²) in [4.78, 5) is 0. The molecule has 0 N–H and O–H groups in total. The summed E-state index contributed by atoms with van der Waals surface area (Å²) in [7, 11) is -0.520. The largest absolute Gasteiger partial charge is 0.260 e. The third kappa shape index (κ3) is 4.31. The normalized spacial score (nSPS) is 10.4. The Balaban J connectivity index is 3.06. The van der Waals surface area contributed by atoms with Gasteiger partial charge in [0, 0.05) is 22.3 Å². The van der Waals surface area contributed by atoms with Crippen LogP contribution in [-0.2, 0) is 10.8 Å². The lowest BCUT2D eigenvalue weighted by Gasteiger charge is -1.93. The van der Waals surface area contributed by atoms with Gasteiger partial charge in [0.25, 0.3) is 0 Å². The van der Waals surface area contributed by atoms with Crippen molar-refractivity contribution in [2.75, 3.05) is 11.5 Å². The second-order valence-corrected chi connectivity index (χ2v) is 3.54. The van der Waals surface area contributed by atoms with Gasteiger partial charge in [0.1, 0.15) is 0 Å². The molecule has 50 valence electrons. The summed E-state index contributed by atoms with van der Waals surface area (Å²) in [5, 5.41) is 0. The summed E-state index contributed by atoms with van der Waals surface area (Å²) in [5.41, 5.74) is 0. The molecule has 0 amide bonds. The predicted molar refractivity (Wildman–Crippen MR) is 38.5 cm³/mol. The van der Waals surface area contributed by atoms with Crippen molar-refractivity contribution in [1.29, 1.82) is 0 Å². The molecule has 0 aromatic rings. The van der Waals surface area contributed by atoms with E-state index >= 15 is 0 Å². The Morgan fingerprint density at radius 2 is 1.50 bits per heavy atom. The number of rotatable bonds is 4. The van der Waals surface area contributed by atoms with Crippen molar-refractivity contribution in [2.24, 2.45) is 0 Å². The van der Waals surface area contributed by atoms with E-state index in [0.717, 1.165) is 24.3 Å². The average Bonchev–Trinajstić information content (AvgIpc) is 1.68. The minimum absolute atomic E-state index is 0.520. The molecule has 0 unspecified atom stereocenters. The fourth-order valence-electron chi connectivity index (χ4n) is 0.557. The molecular formula is C6H14OS. The van der Waals surface area contributed by atoms with E-state index in [4.69, 9.17) is 0 Å². The van der Waals surface area contributed by atoms with Crippen LogP contribution >= 0.6 is 0 Å². The first-order chi connectivity index (χ1) is 3.81. The first kappa shape index (κ1) is 8.15. The zero-order chi connectivity index (χ0) is 6.41. The van der Waals surface area contributed by atoms with Crippen molar-refractivity contribution in [3.63, 3.8) is 0 Å². The fourth-order valence-corrected chi connectivity index (χ4v) is 1.67. The van der Waals surface area contributed by atoms with Crippen molar-refractivity contribution in [2.45, 2.75) is 26.7 Å². The maximum atomic E-state index is 10.8. The molecule has 0 atom stereocenters. The molecule has 8 heavy (non-hydrogen) atoms. The molecule has 0 heterocycles. The molecule has 0 aliphatic carbocycles. The Kier molecular flexibility index (Phi) is 5.39. The molecule has 0 aliphatic heterocycles. The van der Waals surface area contributed by atoms with E-state index in [0.29, 0.717) is 0 Å². The van der Waals surface area contributed by atoms with E-state index in [2.05, 4.69) is 13.8 Å². The highest BCUT2D eigenvalue weighted by atomic mass is 32.2. The van der Waals surface area contributed by atoms with Crippen LogP contribution in [0.1, 0.15) is 26.7 Å². The van der Waals surface area contributed by atoms with Crippen molar-refractivity contribution < 1.29 is 4.21 Å². The second-order valence-electron chi connectivity index (χ2n) is 1.85. The van der Waals surface area contributed by atoms with E-state index in [-0.39, 0.29) is 0 Å². The van der Waals surface area contributed by atoms with Gasteiger partial charge in [-0.25, -0.2) is 0 Å². The van der Waals surface area contributed by atoms with E-state index in [1.807, 2.05) is 0 Å². The molecule has 0 aromatic carbocycles. The zero-order valence-corrected chi connectivity index (χ0v) is 6.46. The Bertz CT molecular complexity index is 62.9. The van der Waals surface area contributed by atoms with Crippen LogP contribution < -0.4 is 0 Å². The lowest BCUT2D eigenvalue weighted by molar-refractivity contribution is 0.680. The quantitative estimate of drug-likeness (QED) is 0.570. The Morgan fingerprint density at radius 1 is 1.12 bits per heavy atom. The van der Waals surface area contributed by atoms with Crippen LogP contribution in [0.15, 0.2) is 0 Å². The van der Waals surface area contributed by atoms with Crippen LogP contribution in [0.25, 0.3) is 0 Å². The monoisotopic (exact) mass is 134 g/mol. The van der Waals surface area contributed by atoms with Gasteiger partial charge in [0.2, 0.25) is 0 Å². The lowest BCUT2D eigenvalue weighted by atomic mass is 10.6. The van der Waals surface area contributed by atoms with Crippen molar-refractivity contribution >= 4 is 10.8 Å². The Morgan fingerprint density at radius 3 is 1.75 bits per heavy atom. The first-order valence-corrected chi connectivity index (χ1v) is 4.65. The van der Waals surface area contributed by atoms with Gasteiger partial charge < -0.3 is 0 Å². The van der Waals surface area contributed by atoms with Gasteiger partial charge in [-0.2, -0.15) is 0 Å². The van der Waals surface area contributed by atoms with E-state index in [1.165, 1.54) is 0 Å². The zero-order valence-electron chi connectivity index (χ0n) is 5.64. The van der Waals surface area contributed by atoms with Gasteiger partial charge in [0.15, 0.2) is 0 Å². The molecule has 0 saturated carbocycles. The molecule has 0 rings (SSSR count). The smallest absolute Gasteiger partial charge is 0.0232 e. The summed E-state index contributed by atoms with van der Waals surface area (Å²) in [6.45, 7) is 4.13. The summed E-state index contributed by atoms with van der Waals surface area (Å²) >= 11 is 0. The topological polar surface area (TPSA) is 17.1 Å². The standard InChI is InChI=1S/C6H14OS/c1-3-5-8(7)6-4-2/h3-6H2,1-2H3. The molecular weight excluding hydrogens is 120 g/mol. The second kappa shape index (κ2) is 5.29. The average molecular weight is 134 g/mol. The molecule has 0 fully saturated rings. The van der Waals surface area contributed by atoms with Gasteiger partial charge in [-0.3, -0.25) is 4.21 Å². The Labute approximate surface area is 53.9 Å². The molecule has 0 saturated heterocycles. The SMILES string of the molecule is CCCS(=O)CCC. The van der Waals surface area contributed by atoms with Crippen molar-refractivity contribution in [3.8, 4) is 0 Å². The maximum absolute atomic E-state index is 10.8. The molecule has 0 radical (unpaired) electrons. The van der Waals surface area contributed by atoms with Crippen LogP contribution in [0.3, 0.4) is 0 Å². The maximum Gasteiger partial charge on any atom is 0.0232 e. The first-order valence-electron chi connectivity index (χ1n) is 3.16. The van der Waals surface area contributed by atoms with Gasteiger partial charge in [-0.15, -0.1) is 0 Å². The number of hydrogen-bond acceptors (Lipinski definition) is 1. The highest BCUT2D eigenvalue weighted by molar-refractivity contribution is 7.84. The summed E-state index contributed by atoms with van der Waals surface area (Å²) in [5.74, 6) is 1.77. The molecule has 0 aromatic heterocycles. The van der Waals surface area contributed by atoms with E-state index in [9.17, 15) is 4.21 Å². The fraction of sp³-hybridized carbons (Fsp3) is 1.00. The molecule has 0 aliphatic rings. The summed E-state index contributed by atoms with van der Waals surface area (Å²) < 4.78 is 10.8. The minimum atomic E-state index is -0.520. The van der Waals surface area contributed by atoms with Gasteiger partial charge in [-0.1, -0.05) is 13.8 Å². The lowest BCUT2D eigenvalue weighted by Crippen LogP contribution is -1.99. The van der Waals surface area contributed by atoms with Crippen LogP contribution in [0.2, 0.25) is 0 Å². The summed E-state index contributed by atoms with van der Waals surface area (Å²) in [6, 6.07) is 0. The third-order valence-corrected chi connectivity index (χ3v) is 2.59. The highest BCUT2D eigenvalue weighted by Gasteiger charge is 1.92. The molecule has 0 bridgehead atoms. The van der Waals surface area contributed by atoms with Crippen LogP contribution in [-0.4, -0.2) is 15.7 Å². The third-order valence-electron chi connectivity index (χ3n) is 0.864. The van der Waals surface area contributed by atoms with Crippen LogP contribution in [0, 0.1) is 0 Å². The van der Waals surface area contributed by atoms with Crippen LogP contribution in [0.5, 0.6) is 0 Å². The minimum Gasteiger partial charge on any atom is -0.260 e. The molecule has 0 spiro atoms. The predicted octanol–water partition coefficient (Wildman–Crippen LogP) is 1.56. The van der Waals surface area contributed by atoms with Crippen LogP contribution in [0.4, 0.5) is 0 Å². The van der Waals surface area contributed by atoms with Gasteiger partial charge >= 0.3 is 0 Å². The van der Waals surface area contributed by atoms with Gasteiger partial charge in [0.05, 0.1) is 0 Å². The van der Waals surface area contributed by atoms with Crippen molar-refractivity contribution in [1.82, 2.24) is 0 Å². The highest BCUT2D eigenvalue weighted by Crippen LogP contribution is 1.88. The summed E-state index contributed by atoms with van der Waals surface area (Å²) in [6.07, 6.45) is 2.10. The molecule has 2 heteroatoms. The number of hydrogen-bond donors (Lipinski definition) is 0. The Hall–Kier alpha value is 0.150. The van der Waals surface area contributed by atoms with E-state index < -0.39 is 10.8 Å². The van der Waals surface area contributed by atoms with Crippen molar-refractivity contribution in [3.05, 3.63) is 0 Å². The van der Waals surface area contributed by atoms with E-state index in [1.54, 1.807) is 0 Å².